The monoisotopic (exact) mass is 320 g/mol. The third-order valence-electron chi connectivity index (χ3n) is 3.19. The first-order chi connectivity index (χ1) is 10.7. The molecular formula is C15H16N2O4S. The molecule has 2 heterocycles. The molecule has 3 rings (SSSR count). The minimum absolute atomic E-state index is 0.0569. The Bertz CT molecular complexity index is 656. The van der Waals surface area contributed by atoms with Crippen molar-refractivity contribution < 1.29 is 18.7 Å². The van der Waals surface area contributed by atoms with Crippen LogP contribution < -0.4 is 4.74 Å². The van der Waals surface area contributed by atoms with Crippen LogP contribution in [0.25, 0.3) is 11.5 Å². The van der Waals surface area contributed by atoms with Crippen LogP contribution in [-0.4, -0.2) is 34.1 Å². The van der Waals surface area contributed by atoms with Gasteiger partial charge >= 0.3 is 5.97 Å². The molecule has 0 spiro atoms. The van der Waals surface area contributed by atoms with E-state index >= 15 is 0 Å². The molecule has 0 aliphatic carbocycles. The quantitative estimate of drug-likeness (QED) is 0.784. The summed E-state index contributed by atoms with van der Waals surface area (Å²) in [4.78, 5) is 11.6. The highest BCUT2D eigenvalue weighted by molar-refractivity contribution is 8.00. The third-order valence-corrected chi connectivity index (χ3v) is 4.22. The molecule has 0 radical (unpaired) electrons. The van der Waals surface area contributed by atoms with Crippen molar-refractivity contribution in [3.8, 4) is 17.2 Å². The molecule has 1 saturated heterocycles. The molecule has 1 aliphatic rings. The summed E-state index contributed by atoms with van der Waals surface area (Å²) >= 11 is 1.25. The molecule has 6 nitrogen and oxygen atoms in total. The first kappa shape index (κ1) is 14.9. The van der Waals surface area contributed by atoms with E-state index in [1.54, 1.807) is 0 Å². The van der Waals surface area contributed by atoms with Crippen molar-refractivity contribution in [1.82, 2.24) is 10.2 Å². The topological polar surface area (TPSA) is 74.5 Å². The van der Waals surface area contributed by atoms with Gasteiger partial charge in [-0.15, -0.1) is 10.2 Å². The smallest absolute Gasteiger partial charge is 0.320 e. The minimum Gasteiger partial charge on any atom is -0.494 e. The number of aromatic nitrogens is 2. The number of ether oxygens (including phenoxy) is 2. The Labute approximate surface area is 132 Å². The molecule has 1 aliphatic heterocycles. The number of nitrogens with zero attached hydrogens (tertiary/aromatic N) is 2. The number of carbonyl (C=O) groups is 1. The second-order valence-corrected chi connectivity index (χ2v) is 6.07. The lowest BCUT2D eigenvalue weighted by molar-refractivity contribution is -0.140. The Morgan fingerprint density at radius 2 is 2.09 bits per heavy atom. The van der Waals surface area contributed by atoms with Crippen LogP contribution in [0.5, 0.6) is 5.75 Å². The summed E-state index contributed by atoms with van der Waals surface area (Å²) in [7, 11) is 0. The molecule has 7 heteroatoms. The highest BCUT2D eigenvalue weighted by Crippen LogP contribution is 2.32. The van der Waals surface area contributed by atoms with Gasteiger partial charge in [0, 0.05) is 12.0 Å². The van der Waals surface area contributed by atoms with Crippen LogP contribution in [0.2, 0.25) is 0 Å². The first-order valence-corrected chi connectivity index (χ1v) is 7.97. The minimum atomic E-state index is -0.274. The predicted octanol–water partition coefficient (Wildman–Crippen LogP) is 2.93. The van der Waals surface area contributed by atoms with Crippen molar-refractivity contribution >= 4 is 17.7 Å². The summed E-state index contributed by atoms with van der Waals surface area (Å²) in [5.41, 5.74) is 0.810. The summed E-state index contributed by atoms with van der Waals surface area (Å²) in [6, 6.07) is 7.43. The van der Waals surface area contributed by atoms with Gasteiger partial charge in [0.1, 0.15) is 17.1 Å². The summed E-state index contributed by atoms with van der Waals surface area (Å²) in [5, 5.41) is 8.10. The number of thioether (sulfide) groups is 1. The van der Waals surface area contributed by atoms with Gasteiger partial charge in [-0.05, 0) is 49.9 Å². The number of benzene rings is 1. The van der Waals surface area contributed by atoms with Gasteiger partial charge in [0.15, 0.2) is 0 Å². The van der Waals surface area contributed by atoms with E-state index in [0.29, 0.717) is 24.1 Å². The molecule has 0 N–H and O–H groups in total. The van der Waals surface area contributed by atoms with E-state index < -0.39 is 0 Å². The maximum atomic E-state index is 11.6. The molecule has 2 atom stereocenters. The predicted molar refractivity (Wildman–Crippen MR) is 80.7 cm³/mol. The summed E-state index contributed by atoms with van der Waals surface area (Å²) < 4.78 is 16.1. The van der Waals surface area contributed by atoms with E-state index in [2.05, 4.69) is 10.2 Å². The van der Waals surface area contributed by atoms with Gasteiger partial charge in [0.25, 0.3) is 5.22 Å². The van der Waals surface area contributed by atoms with Crippen LogP contribution in [0.1, 0.15) is 20.3 Å². The van der Waals surface area contributed by atoms with Crippen LogP contribution in [0.4, 0.5) is 0 Å². The molecule has 0 unspecified atom stereocenters. The molecule has 116 valence electrons. The van der Waals surface area contributed by atoms with Crippen LogP contribution in [-0.2, 0) is 9.53 Å². The number of hydrogen-bond donors (Lipinski definition) is 0. The van der Waals surface area contributed by atoms with Crippen LogP contribution in [0, 0.1) is 0 Å². The molecule has 22 heavy (non-hydrogen) atoms. The van der Waals surface area contributed by atoms with E-state index in [1.165, 1.54) is 11.8 Å². The summed E-state index contributed by atoms with van der Waals surface area (Å²) in [5.74, 6) is 0.992. The van der Waals surface area contributed by atoms with Gasteiger partial charge in [-0.1, -0.05) is 0 Å². The third kappa shape index (κ3) is 3.24. The zero-order chi connectivity index (χ0) is 15.5. The molecule has 1 fully saturated rings. The van der Waals surface area contributed by atoms with Crippen molar-refractivity contribution in [2.75, 3.05) is 6.61 Å². The Kier molecular flexibility index (Phi) is 4.33. The van der Waals surface area contributed by atoms with Crippen LogP contribution in [0.15, 0.2) is 33.9 Å². The zero-order valence-corrected chi connectivity index (χ0v) is 13.1. The van der Waals surface area contributed by atoms with E-state index in [-0.39, 0.29) is 17.3 Å². The summed E-state index contributed by atoms with van der Waals surface area (Å²) in [6.07, 6.45) is 0.600. The molecule has 2 aromatic rings. The van der Waals surface area contributed by atoms with Gasteiger partial charge in [0.2, 0.25) is 5.89 Å². The fourth-order valence-corrected chi connectivity index (χ4v) is 3.15. The van der Waals surface area contributed by atoms with Gasteiger partial charge < -0.3 is 13.9 Å². The lowest BCUT2D eigenvalue weighted by Gasteiger charge is -2.02. The van der Waals surface area contributed by atoms with Crippen molar-refractivity contribution in [3.63, 3.8) is 0 Å². The second kappa shape index (κ2) is 6.39. The Morgan fingerprint density at radius 1 is 1.32 bits per heavy atom. The number of cyclic esters (lactones) is 1. The van der Waals surface area contributed by atoms with Crippen molar-refractivity contribution in [2.24, 2.45) is 0 Å². The normalized spacial score (nSPS) is 20.9. The second-order valence-electron chi connectivity index (χ2n) is 4.92. The largest absolute Gasteiger partial charge is 0.494 e. The lowest BCUT2D eigenvalue weighted by Crippen LogP contribution is -2.09. The number of rotatable bonds is 5. The number of esters is 1. The van der Waals surface area contributed by atoms with Crippen molar-refractivity contribution in [3.05, 3.63) is 24.3 Å². The Balaban J connectivity index is 1.69. The molecule has 0 amide bonds. The Hall–Kier alpha value is -2.02. The van der Waals surface area contributed by atoms with E-state index in [1.807, 2.05) is 38.1 Å². The van der Waals surface area contributed by atoms with E-state index in [0.717, 1.165) is 11.3 Å². The maximum Gasteiger partial charge on any atom is 0.320 e. The molecular weight excluding hydrogens is 304 g/mol. The fraction of sp³-hybridized carbons (Fsp3) is 0.400. The average molecular weight is 320 g/mol. The first-order valence-electron chi connectivity index (χ1n) is 7.09. The molecule has 0 saturated carbocycles. The molecule has 1 aromatic carbocycles. The maximum absolute atomic E-state index is 11.6. The van der Waals surface area contributed by atoms with Crippen molar-refractivity contribution in [2.45, 2.75) is 36.8 Å². The molecule has 0 bridgehead atoms. The summed E-state index contributed by atoms with van der Waals surface area (Å²) in [6.45, 7) is 4.43. The van der Waals surface area contributed by atoms with Gasteiger partial charge in [-0.3, -0.25) is 4.79 Å². The standard InChI is InChI=1S/C15H16N2O4S/c1-3-19-11-6-4-10(5-7-11)13-16-17-15(21-13)22-12-8-9(2)20-14(12)18/h4-7,9,12H,3,8H2,1-2H3/t9-,12-/m1/s1. The Morgan fingerprint density at radius 3 is 2.73 bits per heavy atom. The number of hydrogen-bond acceptors (Lipinski definition) is 7. The van der Waals surface area contributed by atoms with Gasteiger partial charge in [0.05, 0.1) is 6.61 Å². The highest BCUT2D eigenvalue weighted by atomic mass is 32.2. The van der Waals surface area contributed by atoms with E-state index in [9.17, 15) is 4.79 Å². The van der Waals surface area contributed by atoms with Crippen LogP contribution >= 0.6 is 11.8 Å². The van der Waals surface area contributed by atoms with E-state index in [4.69, 9.17) is 13.9 Å². The lowest BCUT2D eigenvalue weighted by atomic mass is 10.2. The van der Waals surface area contributed by atoms with Crippen molar-refractivity contribution in [1.29, 1.82) is 0 Å². The fourth-order valence-electron chi connectivity index (χ4n) is 2.17. The molecule has 1 aromatic heterocycles. The van der Waals surface area contributed by atoms with Gasteiger partial charge in [-0.2, -0.15) is 0 Å². The number of carbonyl (C=O) groups excluding carboxylic acids is 1. The van der Waals surface area contributed by atoms with Crippen LogP contribution in [0.3, 0.4) is 0 Å². The SMILES string of the molecule is CCOc1ccc(-c2nnc(S[C@@H]3C[C@@H](C)OC3=O)o2)cc1. The zero-order valence-electron chi connectivity index (χ0n) is 12.3. The van der Waals surface area contributed by atoms with Gasteiger partial charge in [-0.25, -0.2) is 0 Å². The highest BCUT2D eigenvalue weighted by Gasteiger charge is 2.34. The average Bonchev–Trinajstić information content (AvgIpc) is 3.08.